The first-order valence-corrected chi connectivity index (χ1v) is 8.15. The first-order valence-electron chi connectivity index (χ1n) is 6.89. The van der Waals surface area contributed by atoms with Crippen LogP contribution in [0.1, 0.15) is 0 Å². The third kappa shape index (κ3) is 2.88. The molecule has 0 aliphatic rings. The van der Waals surface area contributed by atoms with Crippen LogP contribution in [0.4, 0.5) is 5.13 Å². The Morgan fingerprint density at radius 1 is 1.04 bits per heavy atom. The number of rotatable bonds is 2. The number of hydrogen-bond acceptors (Lipinski definition) is 5. The Balaban J connectivity index is 2.03. The van der Waals surface area contributed by atoms with E-state index in [-0.39, 0.29) is 0 Å². The summed E-state index contributed by atoms with van der Waals surface area (Å²) in [5, 5.41) is 10.6. The van der Waals surface area contributed by atoms with Crippen molar-refractivity contribution in [3.8, 4) is 11.3 Å². The van der Waals surface area contributed by atoms with Gasteiger partial charge in [-0.25, -0.2) is 4.99 Å². The van der Waals surface area contributed by atoms with Gasteiger partial charge in [0.25, 0.3) is 0 Å². The van der Waals surface area contributed by atoms with Crippen LogP contribution in [-0.2, 0) is 0 Å². The van der Waals surface area contributed by atoms with Crippen LogP contribution in [0.25, 0.3) is 22.3 Å². The molecule has 6 heteroatoms. The highest BCUT2D eigenvalue weighted by Crippen LogP contribution is 2.24. The lowest BCUT2D eigenvalue weighted by Crippen LogP contribution is -2.03. The third-order valence-electron chi connectivity index (χ3n) is 3.33. The van der Waals surface area contributed by atoms with Crippen molar-refractivity contribution in [3.05, 3.63) is 70.5 Å². The molecule has 0 saturated carbocycles. The van der Waals surface area contributed by atoms with E-state index >= 15 is 0 Å². The minimum atomic E-state index is 0.594. The molecule has 0 unspecified atom stereocenters. The Bertz CT molecular complexity index is 1030. The molecule has 0 atom stereocenters. The lowest BCUT2D eigenvalue weighted by molar-refractivity contribution is 0.618. The number of benzene rings is 2. The maximum absolute atomic E-state index is 6.12. The lowest BCUT2D eigenvalue weighted by Gasteiger charge is -2.05. The summed E-state index contributed by atoms with van der Waals surface area (Å²) in [5.41, 5.74) is 3.36. The smallest absolute Gasteiger partial charge is 0.231 e. The Morgan fingerprint density at radius 3 is 2.70 bits per heavy atom. The van der Waals surface area contributed by atoms with Crippen LogP contribution in [0, 0.1) is 0 Å². The molecule has 0 N–H and O–H groups in total. The fourth-order valence-corrected chi connectivity index (χ4v) is 2.90. The van der Waals surface area contributed by atoms with Gasteiger partial charge in [-0.3, -0.25) is 0 Å². The van der Waals surface area contributed by atoms with Gasteiger partial charge >= 0.3 is 0 Å². The van der Waals surface area contributed by atoms with Gasteiger partial charge in [0.05, 0.1) is 5.36 Å². The predicted octanol–water partition coefficient (Wildman–Crippen LogP) is 4.84. The standard InChI is InChI=1S/C17H10ClN3OS/c18-12-6-7-15-13(8-12)14(20-17-21-19-10-23-17)9-16(22-15)11-4-2-1-3-5-11/h1-10H. The summed E-state index contributed by atoms with van der Waals surface area (Å²) in [5.74, 6) is 0.740. The summed E-state index contributed by atoms with van der Waals surface area (Å²) < 4.78 is 6.01. The van der Waals surface area contributed by atoms with Crippen molar-refractivity contribution in [1.82, 2.24) is 10.2 Å². The van der Waals surface area contributed by atoms with E-state index in [1.807, 2.05) is 48.5 Å². The maximum Gasteiger partial charge on any atom is 0.231 e. The lowest BCUT2D eigenvalue weighted by atomic mass is 10.1. The minimum Gasteiger partial charge on any atom is -0.456 e. The number of nitrogens with zero attached hydrogens (tertiary/aromatic N) is 3. The number of hydrogen-bond donors (Lipinski definition) is 0. The number of halogens is 1. The van der Waals surface area contributed by atoms with E-state index in [0.29, 0.717) is 10.2 Å². The van der Waals surface area contributed by atoms with Crippen LogP contribution < -0.4 is 5.36 Å². The largest absolute Gasteiger partial charge is 0.456 e. The van der Waals surface area contributed by atoms with E-state index in [1.165, 1.54) is 11.3 Å². The first-order chi connectivity index (χ1) is 11.3. The van der Waals surface area contributed by atoms with Crippen molar-refractivity contribution in [2.45, 2.75) is 0 Å². The summed E-state index contributed by atoms with van der Waals surface area (Å²) in [7, 11) is 0. The van der Waals surface area contributed by atoms with E-state index in [1.54, 1.807) is 11.6 Å². The molecule has 4 aromatic rings. The van der Waals surface area contributed by atoms with Gasteiger partial charge in [-0.05, 0) is 18.2 Å². The van der Waals surface area contributed by atoms with Crippen LogP contribution in [0.3, 0.4) is 0 Å². The zero-order chi connectivity index (χ0) is 15.6. The van der Waals surface area contributed by atoms with Gasteiger partial charge in [-0.2, -0.15) is 0 Å². The molecule has 0 amide bonds. The molecule has 0 aliphatic heterocycles. The van der Waals surface area contributed by atoms with Gasteiger partial charge in [-0.15, -0.1) is 10.2 Å². The number of aromatic nitrogens is 2. The van der Waals surface area contributed by atoms with E-state index in [0.717, 1.165) is 27.7 Å². The van der Waals surface area contributed by atoms with Crippen LogP contribution in [0.5, 0.6) is 0 Å². The molecule has 0 saturated heterocycles. The second kappa shape index (κ2) is 5.95. The first kappa shape index (κ1) is 14.1. The zero-order valence-corrected chi connectivity index (χ0v) is 13.4. The van der Waals surface area contributed by atoms with Crippen LogP contribution >= 0.6 is 22.9 Å². The molecule has 2 aromatic heterocycles. The average Bonchev–Trinajstić information content (AvgIpc) is 3.09. The molecule has 2 heterocycles. The number of fused-ring (bicyclic) bond motifs is 1. The van der Waals surface area contributed by atoms with Gasteiger partial charge in [-0.1, -0.05) is 53.3 Å². The molecule has 0 bridgehead atoms. The third-order valence-corrected chi connectivity index (χ3v) is 4.15. The van der Waals surface area contributed by atoms with Crippen LogP contribution in [-0.4, -0.2) is 10.2 Å². The monoisotopic (exact) mass is 339 g/mol. The zero-order valence-electron chi connectivity index (χ0n) is 11.8. The van der Waals surface area contributed by atoms with E-state index in [2.05, 4.69) is 15.2 Å². The summed E-state index contributed by atoms with van der Waals surface area (Å²) in [6, 6.07) is 17.3. The second-order valence-corrected chi connectivity index (χ2v) is 6.08. The highest BCUT2D eigenvalue weighted by Gasteiger charge is 2.07. The Kier molecular flexibility index (Phi) is 3.65. The van der Waals surface area contributed by atoms with Crippen molar-refractivity contribution in [2.24, 2.45) is 4.99 Å². The topological polar surface area (TPSA) is 51.3 Å². The highest BCUT2D eigenvalue weighted by molar-refractivity contribution is 7.13. The fourth-order valence-electron chi connectivity index (χ4n) is 2.30. The molecular formula is C17H10ClN3OS. The van der Waals surface area contributed by atoms with Gasteiger partial charge in [0, 0.05) is 22.0 Å². The summed E-state index contributed by atoms with van der Waals surface area (Å²) >= 11 is 7.50. The molecule has 4 nitrogen and oxygen atoms in total. The second-order valence-electron chi connectivity index (χ2n) is 4.84. The van der Waals surface area contributed by atoms with E-state index in [9.17, 15) is 0 Å². The average molecular weight is 340 g/mol. The molecule has 0 spiro atoms. The predicted molar refractivity (Wildman–Crippen MR) is 91.8 cm³/mol. The molecule has 0 fully saturated rings. The molecule has 0 radical (unpaired) electrons. The Labute approximate surface area is 140 Å². The fraction of sp³-hybridized carbons (Fsp3) is 0. The summed E-state index contributed by atoms with van der Waals surface area (Å²) in [6.45, 7) is 0. The SMILES string of the molecule is Clc1ccc2oc(-c3ccccc3)cc(=Nc3nncs3)c2c1. The molecule has 4 rings (SSSR count). The van der Waals surface area contributed by atoms with Crippen LogP contribution in [0.2, 0.25) is 5.02 Å². The molecular weight excluding hydrogens is 330 g/mol. The van der Waals surface area contributed by atoms with Crippen molar-refractivity contribution < 1.29 is 4.42 Å². The summed E-state index contributed by atoms with van der Waals surface area (Å²) in [4.78, 5) is 4.58. The molecule has 0 aliphatic carbocycles. The Morgan fingerprint density at radius 2 is 1.91 bits per heavy atom. The van der Waals surface area contributed by atoms with Crippen molar-refractivity contribution >= 4 is 39.0 Å². The molecule has 2 aromatic carbocycles. The van der Waals surface area contributed by atoms with E-state index in [4.69, 9.17) is 16.0 Å². The van der Waals surface area contributed by atoms with E-state index < -0.39 is 0 Å². The quantitative estimate of drug-likeness (QED) is 0.525. The molecule has 112 valence electrons. The summed E-state index contributed by atoms with van der Waals surface area (Å²) in [6.07, 6.45) is 0. The van der Waals surface area contributed by atoms with Gasteiger partial charge in [0.2, 0.25) is 5.13 Å². The highest BCUT2D eigenvalue weighted by atomic mass is 35.5. The van der Waals surface area contributed by atoms with Crippen molar-refractivity contribution in [1.29, 1.82) is 0 Å². The maximum atomic E-state index is 6.12. The molecule has 23 heavy (non-hydrogen) atoms. The van der Waals surface area contributed by atoms with Crippen molar-refractivity contribution in [3.63, 3.8) is 0 Å². The normalized spacial score (nSPS) is 12.0. The van der Waals surface area contributed by atoms with Crippen molar-refractivity contribution in [2.75, 3.05) is 0 Å². The minimum absolute atomic E-state index is 0.594. The Hall–Kier alpha value is -2.50. The van der Waals surface area contributed by atoms with Crippen LogP contribution in [0.15, 0.2) is 69.5 Å². The van der Waals surface area contributed by atoms with Gasteiger partial charge in [0.1, 0.15) is 16.9 Å². The van der Waals surface area contributed by atoms with Gasteiger partial charge in [0.15, 0.2) is 0 Å². The van der Waals surface area contributed by atoms with Gasteiger partial charge < -0.3 is 4.42 Å².